The number of hydrogen-bond acceptors (Lipinski definition) is 6. The summed E-state index contributed by atoms with van der Waals surface area (Å²) in [5.41, 5.74) is 3.52. The van der Waals surface area contributed by atoms with E-state index in [2.05, 4.69) is 0 Å². The third-order valence-corrected chi connectivity index (χ3v) is 2.01. The highest BCUT2D eigenvalue weighted by Crippen LogP contribution is 2.45. The average molecular weight is 266 g/mol. The summed E-state index contributed by atoms with van der Waals surface area (Å²) in [6.07, 6.45) is -5.10. The molecular weight excluding hydrogens is 261 g/mol. The first kappa shape index (κ1) is 13.5. The van der Waals surface area contributed by atoms with E-state index in [-0.39, 0.29) is 6.07 Å². The summed E-state index contributed by atoms with van der Waals surface area (Å²) in [4.78, 5) is 18.4. The molecule has 1 aromatic rings. The molecule has 0 aliphatic heterocycles. The minimum absolute atomic E-state index is 0.118. The van der Waals surface area contributed by atoms with Crippen molar-refractivity contribution in [3.63, 3.8) is 0 Å². The second-order valence-corrected chi connectivity index (χ2v) is 3.14. The Labute approximate surface area is 96.3 Å². The number of nitrogens with two attached hydrogens (primary N) is 2. The molecular formula is C7H5F3N4O4. The zero-order valence-corrected chi connectivity index (χ0v) is 8.39. The fourth-order valence-corrected chi connectivity index (χ4v) is 1.32. The van der Waals surface area contributed by atoms with Crippen molar-refractivity contribution in [2.45, 2.75) is 6.18 Å². The van der Waals surface area contributed by atoms with Crippen molar-refractivity contribution in [3.8, 4) is 0 Å². The zero-order chi connectivity index (χ0) is 14.2. The number of halogens is 3. The van der Waals surface area contributed by atoms with Crippen molar-refractivity contribution in [2.75, 3.05) is 11.5 Å². The van der Waals surface area contributed by atoms with Gasteiger partial charge in [0.05, 0.1) is 9.85 Å². The maximum absolute atomic E-state index is 12.5. The van der Waals surface area contributed by atoms with Crippen molar-refractivity contribution < 1.29 is 23.0 Å². The first-order chi connectivity index (χ1) is 8.07. The van der Waals surface area contributed by atoms with Crippen LogP contribution in [0.25, 0.3) is 0 Å². The summed E-state index contributed by atoms with van der Waals surface area (Å²) in [7, 11) is 0. The summed E-state index contributed by atoms with van der Waals surface area (Å²) in [6, 6.07) is 0.118. The molecule has 0 saturated heterocycles. The molecule has 0 heterocycles. The van der Waals surface area contributed by atoms with Gasteiger partial charge in [0, 0.05) is 0 Å². The molecule has 0 atom stereocenters. The van der Waals surface area contributed by atoms with Gasteiger partial charge in [0.2, 0.25) is 0 Å². The van der Waals surface area contributed by atoms with E-state index in [1.54, 1.807) is 0 Å². The number of nitro benzene ring substituents is 2. The lowest BCUT2D eigenvalue weighted by Gasteiger charge is -2.10. The summed E-state index contributed by atoms with van der Waals surface area (Å²) in [5, 5.41) is 21.1. The minimum atomic E-state index is -5.10. The normalized spacial score (nSPS) is 11.3. The van der Waals surface area contributed by atoms with Crippen LogP contribution < -0.4 is 11.5 Å². The summed E-state index contributed by atoms with van der Waals surface area (Å²) in [6.45, 7) is 0. The summed E-state index contributed by atoms with van der Waals surface area (Å²) >= 11 is 0. The quantitative estimate of drug-likeness (QED) is 0.474. The first-order valence-corrected chi connectivity index (χ1v) is 4.15. The molecule has 0 aliphatic carbocycles. The van der Waals surface area contributed by atoms with Crippen LogP contribution in [0.4, 0.5) is 35.9 Å². The highest BCUT2D eigenvalue weighted by atomic mass is 19.4. The molecule has 18 heavy (non-hydrogen) atoms. The second-order valence-electron chi connectivity index (χ2n) is 3.14. The number of rotatable bonds is 2. The second kappa shape index (κ2) is 4.01. The summed E-state index contributed by atoms with van der Waals surface area (Å²) < 4.78 is 37.5. The van der Waals surface area contributed by atoms with Gasteiger partial charge in [-0.2, -0.15) is 13.2 Å². The smallest absolute Gasteiger partial charge is 0.393 e. The van der Waals surface area contributed by atoms with Crippen LogP contribution in [-0.4, -0.2) is 9.85 Å². The number of anilines is 2. The molecule has 1 aromatic carbocycles. The van der Waals surface area contributed by atoms with Crippen LogP contribution in [0, 0.1) is 20.2 Å². The van der Waals surface area contributed by atoms with Crippen LogP contribution in [-0.2, 0) is 6.18 Å². The van der Waals surface area contributed by atoms with E-state index in [1.807, 2.05) is 0 Å². The van der Waals surface area contributed by atoms with E-state index in [4.69, 9.17) is 11.5 Å². The molecule has 0 bridgehead atoms. The lowest BCUT2D eigenvalue weighted by molar-refractivity contribution is -0.393. The Morgan fingerprint density at radius 2 is 1.50 bits per heavy atom. The molecule has 8 nitrogen and oxygen atoms in total. The highest BCUT2D eigenvalue weighted by Gasteiger charge is 2.43. The number of nitrogens with zero attached hydrogens (tertiary/aromatic N) is 2. The van der Waals surface area contributed by atoms with Crippen LogP contribution in [0.1, 0.15) is 5.56 Å². The predicted octanol–water partition coefficient (Wildman–Crippen LogP) is 1.69. The van der Waals surface area contributed by atoms with Gasteiger partial charge in [-0.05, 0) is 6.07 Å². The number of benzene rings is 1. The van der Waals surface area contributed by atoms with Gasteiger partial charge in [-0.3, -0.25) is 20.2 Å². The topological polar surface area (TPSA) is 138 Å². The van der Waals surface area contributed by atoms with Crippen molar-refractivity contribution in [1.82, 2.24) is 0 Å². The maximum atomic E-state index is 12.5. The van der Waals surface area contributed by atoms with Crippen LogP contribution in [0.15, 0.2) is 6.07 Å². The average Bonchev–Trinajstić information content (AvgIpc) is 2.13. The Balaban J connectivity index is 3.78. The molecule has 0 spiro atoms. The van der Waals surface area contributed by atoms with Crippen LogP contribution in [0.3, 0.4) is 0 Å². The minimum Gasteiger partial charge on any atom is -0.393 e. The van der Waals surface area contributed by atoms with Gasteiger partial charge in [-0.25, -0.2) is 0 Å². The van der Waals surface area contributed by atoms with E-state index < -0.39 is 44.3 Å². The molecule has 0 aliphatic rings. The van der Waals surface area contributed by atoms with Crippen LogP contribution >= 0.6 is 0 Å². The van der Waals surface area contributed by atoms with Gasteiger partial charge in [0.1, 0.15) is 11.3 Å². The summed E-state index contributed by atoms with van der Waals surface area (Å²) in [5.74, 6) is 0. The molecule has 1 rings (SSSR count). The largest absolute Gasteiger partial charge is 0.423 e. The van der Waals surface area contributed by atoms with Gasteiger partial charge in [-0.1, -0.05) is 0 Å². The maximum Gasteiger partial charge on any atom is 0.423 e. The molecule has 0 aromatic heterocycles. The fraction of sp³-hybridized carbons (Fsp3) is 0.143. The Morgan fingerprint density at radius 3 is 1.83 bits per heavy atom. The van der Waals surface area contributed by atoms with Gasteiger partial charge >= 0.3 is 17.6 Å². The number of nitrogen functional groups attached to an aromatic ring is 2. The standard InChI is InChI=1S/C7H5F3N4O4/c8-7(9,10)2-1-3(11)6(14(17)18)4(12)5(2)13(15)16/h1H,11-12H2. The molecule has 11 heteroatoms. The van der Waals surface area contributed by atoms with E-state index in [0.717, 1.165) is 0 Å². The number of alkyl halides is 3. The first-order valence-electron chi connectivity index (χ1n) is 4.15. The molecule has 0 fully saturated rings. The van der Waals surface area contributed by atoms with E-state index in [1.165, 1.54) is 0 Å². The SMILES string of the molecule is Nc1cc(C(F)(F)F)c([N+](=O)[O-])c(N)c1[N+](=O)[O-]. The number of hydrogen-bond donors (Lipinski definition) is 2. The fourth-order valence-electron chi connectivity index (χ4n) is 1.32. The molecule has 4 N–H and O–H groups in total. The lowest BCUT2D eigenvalue weighted by atomic mass is 10.1. The Hall–Kier alpha value is -2.59. The third-order valence-electron chi connectivity index (χ3n) is 2.01. The van der Waals surface area contributed by atoms with Crippen LogP contribution in [0.2, 0.25) is 0 Å². The molecule has 0 saturated carbocycles. The Morgan fingerprint density at radius 1 is 1.06 bits per heavy atom. The van der Waals surface area contributed by atoms with Crippen molar-refractivity contribution in [1.29, 1.82) is 0 Å². The molecule has 0 unspecified atom stereocenters. The van der Waals surface area contributed by atoms with Gasteiger partial charge < -0.3 is 11.5 Å². The monoisotopic (exact) mass is 266 g/mol. The van der Waals surface area contributed by atoms with E-state index in [9.17, 15) is 33.4 Å². The van der Waals surface area contributed by atoms with Gasteiger partial charge in [0.15, 0.2) is 5.69 Å². The highest BCUT2D eigenvalue weighted by molar-refractivity contribution is 5.83. The van der Waals surface area contributed by atoms with Crippen molar-refractivity contribution in [3.05, 3.63) is 31.9 Å². The third kappa shape index (κ3) is 2.09. The van der Waals surface area contributed by atoms with Gasteiger partial charge in [-0.15, -0.1) is 0 Å². The van der Waals surface area contributed by atoms with Gasteiger partial charge in [0.25, 0.3) is 0 Å². The van der Waals surface area contributed by atoms with E-state index >= 15 is 0 Å². The van der Waals surface area contributed by atoms with Crippen LogP contribution in [0.5, 0.6) is 0 Å². The molecule has 98 valence electrons. The van der Waals surface area contributed by atoms with Crippen molar-refractivity contribution in [2.24, 2.45) is 0 Å². The van der Waals surface area contributed by atoms with E-state index in [0.29, 0.717) is 0 Å². The molecule has 0 radical (unpaired) electrons. The molecule has 0 amide bonds. The van der Waals surface area contributed by atoms with Crippen molar-refractivity contribution >= 4 is 22.7 Å². The zero-order valence-electron chi connectivity index (χ0n) is 8.39. The lowest BCUT2D eigenvalue weighted by Crippen LogP contribution is -2.13. The Kier molecular flexibility index (Phi) is 3.00. The number of nitro groups is 2. The predicted molar refractivity (Wildman–Crippen MR) is 53.6 cm³/mol. The Bertz CT molecular complexity index is 542.